The minimum atomic E-state index is -1.14. The number of hydrogen-bond acceptors (Lipinski definition) is 3. The van der Waals surface area contributed by atoms with E-state index in [1.807, 2.05) is 4.90 Å². The van der Waals surface area contributed by atoms with Gasteiger partial charge in [-0.05, 0) is 25.2 Å². The molecule has 1 aliphatic carbocycles. The number of carbonyl (C=O) groups excluding carboxylic acids is 1. The number of fused-ring (bicyclic) bond motifs is 1. The molecular weight excluding hydrogens is 246 g/mol. The van der Waals surface area contributed by atoms with Crippen molar-refractivity contribution in [1.82, 2.24) is 14.9 Å². The summed E-state index contributed by atoms with van der Waals surface area (Å²) in [5.41, 5.74) is -0.0667. The SMILES string of the molecule is O=C(O)c1[nH]cnc1C(=O)N1CCC2CCCCC21. The molecule has 6 heteroatoms. The van der Waals surface area contributed by atoms with Crippen molar-refractivity contribution < 1.29 is 14.7 Å². The third kappa shape index (κ3) is 2.01. The van der Waals surface area contributed by atoms with Gasteiger partial charge >= 0.3 is 5.97 Å². The second-order valence-corrected chi connectivity index (χ2v) is 5.33. The van der Waals surface area contributed by atoms with Crippen LogP contribution in [0.5, 0.6) is 0 Å². The maximum atomic E-state index is 12.5. The lowest BCUT2D eigenvalue weighted by molar-refractivity contribution is 0.0644. The number of aromatic amines is 1. The lowest BCUT2D eigenvalue weighted by atomic mass is 9.85. The van der Waals surface area contributed by atoms with Crippen molar-refractivity contribution in [2.45, 2.75) is 38.1 Å². The Morgan fingerprint density at radius 2 is 2.11 bits per heavy atom. The number of likely N-dealkylation sites (tertiary alicyclic amines) is 1. The molecule has 2 heterocycles. The number of nitrogens with one attached hydrogen (secondary N) is 1. The quantitative estimate of drug-likeness (QED) is 0.846. The normalized spacial score (nSPS) is 26.2. The number of hydrogen-bond donors (Lipinski definition) is 2. The zero-order valence-corrected chi connectivity index (χ0v) is 10.6. The summed E-state index contributed by atoms with van der Waals surface area (Å²) >= 11 is 0. The number of aromatic nitrogens is 2. The molecule has 1 aliphatic heterocycles. The van der Waals surface area contributed by atoms with E-state index in [1.165, 1.54) is 19.2 Å². The molecule has 2 aliphatic rings. The number of imidazole rings is 1. The van der Waals surface area contributed by atoms with Crippen molar-refractivity contribution >= 4 is 11.9 Å². The maximum absolute atomic E-state index is 12.5. The van der Waals surface area contributed by atoms with E-state index >= 15 is 0 Å². The molecule has 1 saturated carbocycles. The van der Waals surface area contributed by atoms with Gasteiger partial charge in [-0.15, -0.1) is 0 Å². The summed E-state index contributed by atoms with van der Waals surface area (Å²) in [5.74, 6) is -0.793. The van der Waals surface area contributed by atoms with E-state index in [0.717, 1.165) is 25.8 Å². The third-order valence-corrected chi connectivity index (χ3v) is 4.33. The lowest BCUT2D eigenvalue weighted by Gasteiger charge is -2.31. The predicted octanol–water partition coefficient (Wildman–Crippen LogP) is 1.51. The molecule has 6 nitrogen and oxygen atoms in total. The summed E-state index contributed by atoms with van der Waals surface area (Å²) < 4.78 is 0. The first-order valence-corrected chi connectivity index (χ1v) is 6.76. The van der Waals surface area contributed by atoms with Crippen LogP contribution in [0.25, 0.3) is 0 Å². The molecule has 1 amide bonds. The molecule has 1 saturated heterocycles. The topological polar surface area (TPSA) is 86.3 Å². The predicted molar refractivity (Wildman–Crippen MR) is 66.9 cm³/mol. The second kappa shape index (κ2) is 4.68. The number of carboxylic acids is 1. The van der Waals surface area contributed by atoms with Crippen LogP contribution in [0.1, 0.15) is 53.1 Å². The number of nitrogens with zero attached hydrogens (tertiary/aromatic N) is 2. The van der Waals surface area contributed by atoms with Gasteiger partial charge in [0.2, 0.25) is 0 Å². The molecule has 0 aromatic carbocycles. The van der Waals surface area contributed by atoms with E-state index in [0.29, 0.717) is 5.92 Å². The van der Waals surface area contributed by atoms with E-state index in [4.69, 9.17) is 5.11 Å². The van der Waals surface area contributed by atoms with Gasteiger partial charge < -0.3 is 15.0 Å². The van der Waals surface area contributed by atoms with Crippen molar-refractivity contribution in [3.63, 3.8) is 0 Å². The molecule has 0 radical (unpaired) electrons. The Labute approximate surface area is 110 Å². The largest absolute Gasteiger partial charge is 0.477 e. The van der Waals surface area contributed by atoms with Crippen LogP contribution in [0.15, 0.2) is 6.33 Å². The molecule has 0 spiro atoms. The van der Waals surface area contributed by atoms with Gasteiger partial charge in [-0.3, -0.25) is 4.79 Å². The number of H-pyrrole nitrogens is 1. The Kier molecular flexibility index (Phi) is 3.00. The van der Waals surface area contributed by atoms with Crippen molar-refractivity contribution in [2.24, 2.45) is 5.92 Å². The minimum Gasteiger partial charge on any atom is -0.477 e. The van der Waals surface area contributed by atoms with E-state index in [2.05, 4.69) is 9.97 Å². The van der Waals surface area contributed by atoms with Crippen LogP contribution >= 0.6 is 0 Å². The molecule has 2 unspecified atom stereocenters. The molecule has 3 rings (SSSR count). The molecule has 102 valence electrons. The van der Waals surface area contributed by atoms with Gasteiger partial charge in [0.15, 0.2) is 11.4 Å². The Bertz CT molecular complexity index is 511. The molecule has 2 fully saturated rings. The fourth-order valence-electron chi connectivity index (χ4n) is 3.41. The first kappa shape index (κ1) is 12.2. The van der Waals surface area contributed by atoms with Crippen molar-refractivity contribution in [1.29, 1.82) is 0 Å². The number of carboxylic acid groups (broad SMARTS) is 1. The molecular formula is C13H17N3O3. The second-order valence-electron chi connectivity index (χ2n) is 5.33. The summed E-state index contributed by atoms with van der Waals surface area (Å²) in [7, 11) is 0. The van der Waals surface area contributed by atoms with Crippen LogP contribution in [-0.4, -0.2) is 44.4 Å². The first-order valence-electron chi connectivity index (χ1n) is 6.76. The third-order valence-electron chi connectivity index (χ3n) is 4.33. The average Bonchev–Trinajstić information content (AvgIpc) is 3.05. The fraction of sp³-hybridized carbons (Fsp3) is 0.615. The van der Waals surface area contributed by atoms with Gasteiger partial charge in [0, 0.05) is 12.6 Å². The molecule has 19 heavy (non-hydrogen) atoms. The van der Waals surface area contributed by atoms with Crippen molar-refractivity contribution in [3.8, 4) is 0 Å². The smallest absolute Gasteiger partial charge is 0.354 e. The molecule has 1 aromatic heterocycles. The number of rotatable bonds is 2. The summed E-state index contributed by atoms with van der Waals surface area (Å²) in [6.45, 7) is 0.722. The highest BCUT2D eigenvalue weighted by molar-refractivity contribution is 6.02. The Morgan fingerprint density at radius 3 is 2.89 bits per heavy atom. The van der Waals surface area contributed by atoms with Gasteiger partial charge in [0.1, 0.15) is 0 Å². The van der Waals surface area contributed by atoms with E-state index in [1.54, 1.807) is 0 Å². The number of carbonyl (C=O) groups is 2. The van der Waals surface area contributed by atoms with E-state index in [9.17, 15) is 9.59 Å². The van der Waals surface area contributed by atoms with Crippen LogP contribution in [0.2, 0.25) is 0 Å². The van der Waals surface area contributed by atoms with Gasteiger partial charge in [0.25, 0.3) is 5.91 Å². The molecule has 1 aromatic rings. The lowest BCUT2D eigenvalue weighted by Crippen LogP contribution is -2.39. The standard InChI is InChI=1S/C13H17N3O3/c17-12(10-11(13(18)19)15-7-14-10)16-6-5-8-3-1-2-4-9(8)16/h7-9H,1-6H2,(H,14,15)(H,18,19). The summed E-state index contributed by atoms with van der Waals surface area (Å²) in [5, 5.41) is 9.04. The van der Waals surface area contributed by atoms with Crippen LogP contribution in [0.4, 0.5) is 0 Å². The van der Waals surface area contributed by atoms with Crippen molar-refractivity contribution in [3.05, 3.63) is 17.7 Å². The van der Waals surface area contributed by atoms with Crippen LogP contribution < -0.4 is 0 Å². The average molecular weight is 263 g/mol. The fourth-order valence-corrected chi connectivity index (χ4v) is 3.41. The van der Waals surface area contributed by atoms with Crippen LogP contribution in [0, 0.1) is 5.92 Å². The monoisotopic (exact) mass is 263 g/mol. The van der Waals surface area contributed by atoms with Gasteiger partial charge in [-0.1, -0.05) is 12.8 Å². The Balaban J connectivity index is 1.84. The van der Waals surface area contributed by atoms with Gasteiger partial charge in [-0.25, -0.2) is 9.78 Å². The van der Waals surface area contributed by atoms with Crippen molar-refractivity contribution in [2.75, 3.05) is 6.54 Å². The van der Waals surface area contributed by atoms with Crippen LogP contribution in [-0.2, 0) is 0 Å². The highest BCUT2D eigenvalue weighted by Gasteiger charge is 2.39. The zero-order chi connectivity index (χ0) is 13.4. The molecule has 0 bridgehead atoms. The molecule has 2 atom stereocenters. The number of amides is 1. The summed E-state index contributed by atoms with van der Waals surface area (Å²) in [6, 6.07) is 0.277. The Morgan fingerprint density at radius 1 is 1.32 bits per heavy atom. The van der Waals surface area contributed by atoms with Crippen LogP contribution in [0.3, 0.4) is 0 Å². The zero-order valence-electron chi connectivity index (χ0n) is 10.6. The number of aromatic carboxylic acids is 1. The maximum Gasteiger partial charge on any atom is 0.354 e. The highest BCUT2D eigenvalue weighted by Crippen LogP contribution is 2.36. The summed E-state index contributed by atoms with van der Waals surface area (Å²) in [4.78, 5) is 31.8. The molecule has 2 N–H and O–H groups in total. The first-order chi connectivity index (χ1) is 9.18. The van der Waals surface area contributed by atoms with E-state index in [-0.39, 0.29) is 23.3 Å². The van der Waals surface area contributed by atoms with E-state index < -0.39 is 5.97 Å². The summed E-state index contributed by atoms with van der Waals surface area (Å²) in [6.07, 6.45) is 6.90. The minimum absolute atomic E-state index is 0.0405. The highest BCUT2D eigenvalue weighted by atomic mass is 16.4. The van der Waals surface area contributed by atoms with Gasteiger partial charge in [-0.2, -0.15) is 0 Å². The Hall–Kier alpha value is -1.85. The van der Waals surface area contributed by atoms with Gasteiger partial charge in [0.05, 0.1) is 6.33 Å².